The molecule has 0 spiro atoms. The van der Waals surface area contributed by atoms with Gasteiger partial charge in [0.25, 0.3) is 0 Å². The van der Waals surface area contributed by atoms with E-state index >= 15 is 0 Å². The average molecular weight is 236 g/mol. The van der Waals surface area contributed by atoms with Crippen LogP contribution in [0.5, 0.6) is 0 Å². The number of hydrogen-bond acceptors (Lipinski definition) is 2. The number of carbonyl (C=O) groups excluding carboxylic acids is 1. The summed E-state index contributed by atoms with van der Waals surface area (Å²) < 4.78 is 0. The second-order valence-corrected chi connectivity index (χ2v) is 5.30. The highest BCUT2D eigenvalue weighted by atomic mass is 35.5. The molecule has 0 aliphatic heterocycles. The average Bonchev–Trinajstić information content (AvgIpc) is 2.71. The minimum atomic E-state index is 0.222. The molecular weight excluding hydrogens is 222 g/mol. The number of nitrogens with two attached hydrogens (primary N) is 1. The van der Waals surface area contributed by atoms with Crippen molar-refractivity contribution >= 4 is 23.1 Å². The Balaban J connectivity index is 1.85. The van der Waals surface area contributed by atoms with Gasteiger partial charge in [0.05, 0.1) is 5.02 Å². The minimum Gasteiger partial charge on any atom is -0.399 e. The quantitative estimate of drug-likeness (QED) is 0.632. The highest BCUT2D eigenvalue weighted by molar-refractivity contribution is 6.34. The summed E-state index contributed by atoms with van der Waals surface area (Å²) in [5, 5.41) is 0.495. The van der Waals surface area contributed by atoms with Crippen molar-refractivity contribution in [3.05, 3.63) is 28.8 Å². The molecule has 2 N–H and O–H groups in total. The second-order valence-electron chi connectivity index (χ2n) is 4.89. The Bertz CT molecular complexity index is 447. The van der Waals surface area contributed by atoms with Crippen LogP contribution in [-0.2, 0) is 0 Å². The van der Waals surface area contributed by atoms with Crippen molar-refractivity contribution in [2.24, 2.45) is 17.8 Å². The molecule has 2 nitrogen and oxygen atoms in total. The summed E-state index contributed by atoms with van der Waals surface area (Å²) in [6.45, 7) is 0. The first-order valence-electron chi connectivity index (χ1n) is 5.77. The van der Waals surface area contributed by atoms with Gasteiger partial charge in [-0.05, 0) is 42.9 Å². The van der Waals surface area contributed by atoms with E-state index in [0.717, 1.165) is 0 Å². The summed E-state index contributed by atoms with van der Waals surface area (Å²) in [6, 6.07) is 5.16. The third kappa shape index (κ3) is 1.44. The molecule has 16 heavy (non-hydrogen) atoms. The van der Waals surface area contributed by atoms with Gasteiger partial charge in [0, 0.05) is 17.2 Å². The molecule has 0 heterocycles. The van der Waals surface area contributed by atoms with E-state index in [1.165, 1.54) is 19.3 Å². The third-order valence-corrected chi connectivity index (χ3v) is 4.28. The fraction of sp³-hybridized carbons (Fsp3) is 0.462. The Morgan fingerprint density at radius 3 is 2.62 bits per heavy atom. The van der Waals surface area contributed by atoms with Crippen LogP contribution in [0.4, 0.5) is 5.69 Å². The summed E-state index contributed by atoms with van der Waals surface area (Å²) in [7, 11) is 0. The molecule has 2 saturated carbocycles. The lowest BCUT2D eigenvalue weighted by Crippen LogP contribution is -2.07. The van der Waals surface area contributed by atoms with Crippen LogP contribution in [-0.4, -0.2) is 5.78 Å². The maximum absolute atomic E-state index is 12.2. The zero-order chi connectivity index (χ0) is 11.3. The van der Waals surface area contributed by atoms with Gasteiger partial charge >= 0.3 is 0 Å². The van der Waals surface area contributed by atoms with Crippen LogP contribution in [0, 0.1) is 17.8 Å². The van der Waals surface area contributed by atoms with E-state index < -0.39 is 0 Å². The molecule has 2 aliphatic rings. The molecule has 3 heteroatoms. The molecule has 2 fully saturated rings. The van der Waals surface area contributed by atoms with Crippen LogP contribution in [0.25, 0.3) is 0 Å². The van der Waals surface area contributed by atoms with Crippen LogP contribution in [0.1, 0.15) is 29.6 Å². The summed E-state index contributed by atoms with van der Waals surface area (Å²) in [5.41, 5.74) is 6.87. The number of halogens is 1. The molecule has 2 aliphatic carbocycles. The molecule has 0 aromatic heterocycles. The molecule has 0 amide bonds. The van der Waals surface area contributed by atoms with Gasteiger partial charge in [0.1, 0.15) is 0 Å². The largest absolute Gasteiger partial charge is 0.399 e. The molecule has 2 atom stereocenters. The van der Waals surface area contributed by atoms with Crippen LogP contribution >= 0.6 is 11.6 Å². The van der Waals surface area contributed by atoms with Crippen molar-refractivity contribution < 1.29 is 4.79 Å². The van der Waals surface area contributed by atoms with Crippen LogP contribution in [0.15, 0.2) is 18.2 Å². The van der Waals surface area contributed by atoms with Gasteiger partial charge in [0.2, 0.25) is 0 Å². The van der Waals surface area contributed by atoms with E-state index in [9.17, 15) is 4.79 Å². The fourth-order valence-electron chi connectivity index (χ4n) is 3.12. The predicted molar refractivity (Wildman–Crippen MR) is 64.5 cm³/mol. The maximum Gasteiger partial charge on any atom is 0.168 e. The zero-order valence-corrected chi connectivity index (χ0v) is 9.70. The number of nitrogen functional groups attached to an aromatic ring is 1. The number of rotatable bonds is 2. The minimum absolute atomic E-state index is 0.222. The number of fused-ring (bicyclic) bond motifs is 1. The standard InChI is InChI=1S/C13H14ClNO/c14-11-6-7(15)4-5-10(11)13(16)12-8-2-1-3-9(8)12/h4-6,8-9,12H,1-3,15H2. The topological polar surface area (TPSA) is 43.1 Å². The Morgan fingerprint density at radius 1 is 1.31 bits per heavy atom. The highest BCUT2D eigenvalue weighted by Gasteiger charge is 2.56. The van der Waals surface area contributed by atoms with Gasteiger partial charge in [0.15, 0.2) is 5.78 Å². The molecule has 3 rings (SSSR count). The zero-order valence-electron chi connectivity index (χ0n) is 8.95. The first kappa shape index (κ1) is 10.2. The number of ketones is 1. The smallest absolute Gasteiger partial charge is 0.168 e. The van der Waals surface area contributed by atoms with Crippen LogP contribution in [0.2, 0.25) is 5.02 Å². The predicted octanol–water partition coefficient (Wildman–Crippen LogP) is 3.15. The lowest BCUT2D eigenvalue weighted by atomic mass is 10.0. The third-order valence-electron chi connectivity index (χ3n) is 3.97. The molecule has 0 bridgehead atoms. The van der Waals surface area contributed by atoms with E-state index in [4.69, 9.17) is 17.3 Å². The Labute approximate surface area is 99.8 Å². The molecule has 1 aromatic rings. The van der Waals surface area contributed by atoms with Crippen molar-refractivity contribution in [1.29, 1.82) is 0 Å². The van der Waals surface area contributed by atoms with Crippen molar-refractivity contribution in [3.8, 4) is 0 Å². The Kier molecular flexibility index (Phi) is 2.21. The summed E-state index contributed by atoms with van der Waals surface area (Å²) in [6.07, 6.45) is 3.72. The highest BCUT2D eigenvalue weighted by Crippen LogP contribution is 2.58. The Hall–Kier alpha value is -1.02. The van der Waals surface area contributed by atoms with E-state index in [-0.39, 0.29) is 11.7 Å². The van der Waals surface area contributed by atoms with Gasteiger partial charge in [-0.15, -0.1) is 0 Å². The Morgan fingerprint density at radius 2 is 2.00 bits per heavy atom. The second kappa shape index (κ2) is 3.49. The maximum atomic E-state index is 12.2. The molecule has 2 unspecified atom stereocenters. The molecule has 0 radical (unpaired) electrons. The fourth-order valence-corrected chi connectivity index (χ4v) is 3.40. The van der Waals surface area contributed by atoms with E-state index in [1.54, 1.807) is 18.2 Å². The van der Waals surface area contributed by atoms with Gasteiger partial charge < -0.3 is 5.73 Å². The number of anilines is 1. The molecular formula is C13H14ClNO. The van der Waals surface area contributed by atoms with Gasteiger partial charge in [-0.1, -0.05) is 18.0 Å². The first-order chi connectivity index (χ1) is 7.68. The van der Waals surface area contributed by atoms with Gasteiger partial charge in [-0.2, -0.15) is 0 Å². The van der Waals surface area contributed by atoms with Crippen molar-refractivity contribution in [1.82, 2.24) is 0 Å². The van der Waals surface area contributed by atoms with Gasteiger partial charge in [-0.3, -0.25) is 4.79 Å². The van der Waals surface area contributed by atoms with E-state index in [1.807, 2.05) is 0 Å². The van der Waals surface area contributed by atoms with Crippen LogP contribution < -0.4 is 5.73 Å². The normalized spacial score (nSPS) is 31.2. The number of benzene rings is 1. The van der Waals surface area contributed by atoms with Gasteiger partial charge in [-0.25, -0.2) is 0 Å². The summed E-state index contributed by atoms with van der Waals surface area (Å²) >= 11 is 6.05. The number of Topliss-reactive ketones (excluding diaryl/α,β-unsaturated/α-hetero) is 1. The van der Waals surface area contributed by atoms with Crippen molar-refractivity contribution in [3.63, 3.8) is 0 Å². The monoisotopic (exact) mass is 235 g/mol. The van der Waals surface area contributed by atoms with E-state index in [0.29, 0.717) is 28.1 Å². The lowest BCUT2D eigenvalue weighted by molar-refractivity contribution is 0.0952. The van der Waals surface area contributed by atoms with Crippen molar-refractivity contribution in [2.75, 3.05) is 5.73 Å². The van der Waals surface area contributed by atoms with E-state index in [2.05, 4.69) is 0 Å². The summed E-state index contributed by atoms with van der Waals surface area (Å²) in [5.74, 6) is 1.75. The summed E-state index contributed by atoms with van der Waals surface area (Å²) in [4.78, 5) is 12.2. The van der Waals surface area contributed by atoms with Crippen molar-refractivity contribution in [2.45, 2.75) is 19.3 Å². The van der Waals surface area contributed by atoms with Crippen LogP contribution in [0.3, 0.4) is 0 Å². The molecule has 1 aromatic carbocycles. The number of hydrogen-bond donors (Lipinski definition) is 1. The number of carbonyl (C=O) groups is 1. The molecule has 84 valence electrons. The lowest BCUT2D eigenvalue weighted by Gasteiger charge is -2.05. The molecule has 0 saturated heterocycles. The first-order valence-corrected chi connectivity index (χ1v) is 6.15. The SMILES string of the molecule is Nc1ccc(C(=O)C2C3CCCC32)c(Cl)c1.